The molecule has 2 aromatic carbocycles. The lowest BCUT2D eigenvalue weighted by Gasteiger charge is -2.23. The summed E-state index contributed by atoms with van der Waals surface area (Å²) in [7, 11) is -1.39. The van der Waals surface area contributed by atoms with E-state index in [1.807, 2.05) is 0 Å². The van der Waals surface area contributed by atoms with Crippen LogP contribution in [0, 0.1) is 6.92 Å². The SMILES string of the molecule is Cc1cc(-c2cc(C(C)C)c([Si](C)(C)C)cn2)ccc1-c1ccccc1. The summed E-state index contributed by atoms with van der Waals surface area (Å²) < 4.78 is 0. The highest BCUT2D eigenvalue weighted by atomic mass is 28.3. The van der Waals surface area contributed by atoms with Crippen molar-refractivity contribution in [1.82, 2.24) is 4.98 Å². The fourth-order valence-corrected chi connectivity index (χ4v) is 5.18. The average Bonchev–Trinajstić information content (AvgIpc) is 2.61. The molecule has 0 atom stereocenters. The van der Waals surface area contributed by atoms with Gasteiger partial charge in [-0.05, 0) is 52.4 Å². The van der Waals surface area contributed by atoms with E-state index in [1.165, 1.54) is 33.0 Å². The Morgan fingerprint density at radius 3 is 2.12 bits per heavy atom. The second-order valence-electron chi connectivity index (χ2n) is 8.46. The van der Waals surface area contributed by atoms with Gasteiger partial charge in [0.1, 0.15) is 0 Å². The van der Waals surface area contributed by atoms with Gasteiger partial charge in [0.25, 0.3) is 0 Å². The van der Waals surface area contributed by atoms with Crippen LogP contribution in [0.2, 0.25) is 19.6 Å². The van der Waals surface area contributed by atoms with Crippen molar-refractivity contribution in [2.75, 3.05) is 0 Å². The van der Waals surface area contributed by atoms with Crippen molar-refractivity contribution < 1.29 is 0 Å². The van der Waals surface area contributed by atoms with E-state index in [0.717, 1.165) is 5.69 Å². The van der Waals surface area contributed by atoms with Gasteiger partial charge in [0.15, 0.2) is 0 Å². The van der Waals surface area contributed by atoms with Crippen LogP contribution in [0.5, 0.6) is 0 Å². The summed E-state index contributed by atoms with van der Waals surface area (Å²) in [5.74, 6) is 0.517. The molecule has 0 aliphatic carbocycles. The van der Waals surface area contributed by atoms with Crippen LogP contribution in [0.1, 0.15) is 30.9 Å². The van der Waals surface area contributed by atoms with Gasteiger partial charge in [-0.1, -0.05) is 76.0 Å². The molecule has 0 N–H and O–H groups in total. The summed E-state index contributed by atoms with van der Waals surface area (Å²) in [4.78, 5) is 4.84. The van der Waals surface area contributed by atoms with Gasteiger partial charge < -0.3 is 0 Å². The van der Waals surface area contributed by atoms with E-state index in [0.29, 0.717) is 5.92 Å². The molecular weight excluding hydrogens is 330 g/mol. The summed E-state index contributed by atoms with van der Waals surface area (Å²) in [6.45, 7) is 13.9. The van der Waals surface area contributed by atoms with Crippen molar-refractivity contribution in [2.45, 2.75) is 46.3 Å². The van der Waals surface area contributed by atoms with E-state index in [9.17, 15) is 0 Å². The minimum absolute atomic E-state index is 0.517. The Bertz CT molecular complexity index is 905. The quantitative estimate of drug-likeness (QED) is 0.492. The van der Waals surface area contributed by atoms with E-state index in [1.54, 1.807) is 0 Å². The second kappa shape index (κ2) is 7.20. The minimum atomic E-state index is -1.39. The Balaban J connectivity index is 2.05. The summed E-state index contributed by atoms with van der Waals surface area (Å²) >= 11 is 0. The largest absolute Gasteiger partial charge is 0.256 e. The molecule has 3 aromatic rings. The van der Waals surface area contributed by atoms with Gasteiger partial charge in [-0.25, -0.2) is 0 Å². The first-order valence-electron chi connectivity index (χ1n) is 9.44. The van der Waals surface area contributed by atoms with E-state index in [2.05, 4.69) is 101 Å². The van der Waals surface area contributed by atoms with Crippen molar-refractivity contribution in [2.24, 2.45) is 0 Å². The fourth-order valence-electron chi connectivity index (χ4n) is 3.50. The molecule has 0 unspecified atom stereocenters. The molecule has 2 heteroatoms. The lowest BCUT2D eigenvalue weighted by atomic mass is 9.96. The van der Waals surface area contributed by atoms with Gasteiger partial charge in [0.2, 0.25) is 0 Å². The third kappa shape index (κ3) is 3.81. The van der Waals surface area contributed by atoms with Crippen LogP contribution in [0.15, 0.2) is 60.8 Å². The standard InChI is InChI=1S/C24H29NSi/c1-17(2)22-15-23(25-16-24(22)26(4,5)6)20-12-13-21(18(3)14-20)19-10-8-7-9-11-19/h7-17H,1-6H3. The van der Waals surface area contributed by atoms with Gasteiger partial charge >= 0.3 is 0 Å². The molecule has 3 rings (SSSR count). The van der Waals surface area contributed by atoms with Crippen molar-refractivity contribution >= 4 is 13.3 Å². The molecule has 0 amide bonds. The molecule has 0 spiro atoms. The highest BCUT2D eigenvalue weighted by molar-refractivity contribution is 6.89. The minimum Gasteiger partial charge on any atom is -0.256 e. The van der Waals surface area contributed by atoms with Gasteiger partial charge in [-0.2, -0.15) is 0 Å². The number of aryl methyl sites for hydroxylation is 1. The molecule has 134 valence electrons. The van der Waals surface area contributed by atoms with E-state index in [4.69, 9.17) is 4.98 Å². The first kappa shape index (κ1) is 18.6. The lowest BCUT2D eigenvalue weighted by molar-refractivity contribution is 0.870. The number of hydrogen-bond donors (Lipinski definition) is 0. The summed E-state index contributed by atoms with van der Waals surface area (Å²) in [5, 5.41) is 1.48. The molecule has 1 nitrogen and oxygen atoms in total. The number of benzene rings is 2. The summed E-state index contributed by atoms with van der Waals surface area (Å²) in [6.07, 6.45) is 2.14. The van der Waals surface area contributed by atoms with Crippen LogP contribution in [0.25, 0.3) is 22.4 Å². The van der Waals surface area contributed by atoms with Gasteiger partial charge in [-0.15, -0.1) is 0 Å². The highest BCUT2D eigenvalue weighted by Crippen LogP contribution is 2.29. The maximum absolute atomic E-state index is 4.84. The molecule has 0 aliphatic heterocycles. The molecule has 1 heterocycles. The monoisotopic (exact) mass is 359 g/mol. The van der Waals surface area contributed by atoms with E-state index >= 15 is 0 Å². The summed E-state index contributed by atoms with van der Waals surface area (Å²) in [5.41, 5.74) is 7.58. The van der Waals surface area contributed by atoms with Crippen LogP contribution in [-0.2, 0) is 0 Å². The highest BCUT2D eigenvalue weighted by Gasteiger charge is 2.22. The molecule has 26 heavy (non-hydrogen) atoms. The third-order valence-corrected chi connectivity index (χ3v) is 7.01. The summed E-state index contributed by atoms with van der Waals surface area (Å²) in [6, 6.07) is 19.6. The van der Waals surface area contributed by atoms with Crippen molar-refractivity contribution in [3.63, 3.8) is 0 Å². The lowest BCUT2D eigenvalue weighted by Crippen LogP contribution is -2.40. The molecule has 0 saturated heterocycles. The first-order chi connectivity index (χ1) is 12.3. The average molecular weight is 360 g/mol. The molecule has 0 aliphatic rings. The molecular formula is C24H29NSi. The van der Waals surface area contributed by atoms with Crippen molar-refractivity contribution in [1.29, 1.82) is 0 Å². The number of pyridine rings is 1. The fraction of sp³-hybridized carbons (Fsp3) is 0.292. The predicted molar refractivity (Wildman–Crippen MR) is 117 cm³/mol. The maximum Gasteiger partial charge on any atom is 0.0799 e. The second-order valence-corrected chi connectivity index (χ2v) is 13.5. The van der Waals surface area contributed by atoms with Crippen molar-refractivity contribution in [3.05, 3.63) is 71.9 Å². The van der Waals surface area contributed by atoms with Gasteiger partial charge in [0.05, 0.1) is 13.8 Å². The molecule has 0 radical (unpaired) electrons. The molecule has 0 saturated carbocycles. The van der Waals surface area contributed by atoms with Crippen LogP contribution < -0.4 is 5.19 Å². The number of nitrogens with zero attached hydrogens (tertiary/aromatic N) is 1. The van der Waals surface area contributed by atoms with Crippen LogP contribution in [0.4, 0.5) is 0 Å². The zero-order valence-electron chi connectivity index (χ0n) is 16.8. The van der Waals surface area contributed by atoms with Crippen molar-refractivity contribution in [3.8, 4) is 22.4 Å². The Morgan fingerprint density at radius 2 is 1.54 bits per heavy atom. The number of rotatable bonds is 4. The van der Waals surface area contributed by atoms with Crippen LogP contribution in [0.3, 0.4) is 0 Å². The maximum atomic E-state index is 4.84. The number of hydrogen-bond acceptors (Lipinski definition) is 1. The van der Waals surface area contributed by atoms with E-state index < -0.39 is 8.07 Å². The third-order valence-electron chi connectivity index (χ3n) is 4.97. The Hall–Kier alpha value is -2.19. The topological polar surface area (TPSA) is 12.9 Å². The Kier molecular flexibility index (Phi) is 5.15. The zero-order valence-corrected chi connectivity index (χ0v) is 17.8. The number of aromatic nitrogens is 1. The first-order valence-corrected chi connectivity index (χ1v) is 12.9. The van der Waals surface area contributed by atoms with Crippen LogP contribution in [-0.4, -0.2) is 13.1 Å². The van der Waals surface area contributed by atoms with Crippen LogP contribution >= 0.6 is 0 Å². The van der Waals surface area contributed by atoms with E-state index in [-0.39, 0.29) is 0 Å². The predicted octanol–water partition coefficient (Wildman–Crippen LogP) is 6.39. The van der Waals surface area contributed by atoms with Gasteiger partial charge in [0, 0.05) is 11.8 Å². The Morgan fingerprint density at radius 1 is 0.846 bits per heavy atom. The Labute approximate surface area is 159 Å². The normalized spacial score (nSPS) is 11.8. The molecule has 1 aromatic heterocycles. The molecule has 0 bridgehead atoms. The molecule has 0 fully saturated rings. The van der Waals surface area contributed by atoms with Gasteiger partial charge in [-0.3, -0.25) is 4.98 Å². The smallest absolute Gasteiger partial charge is 0.0799 e. The zero-order chi connectivity index (χ0) is 18.9.